The van der Waals surface area contributed by atoms with Gasteiger partial charge in [-0.15, -0.1) is 0 Å². The van der Waals surface area contributed by atoms with Crippen molar-refractivity contribution in [3.63, 3.8) is 0 Å². The first kappa shape index (κ1) is 16.6. The second kappa shape index (κ2) is 5.52. The highest BCUT2D eigenvalue weighted by Crippen LogP contribution is 2.36. The van der Waals surface area contributed by atoms with Gasteiger partial charge in [0.05, 0.1) is 23.9 Å². The van der Waals surface area contributed by atoms with E-state index in [1.807, 2.05) is 41.5 Å². The molecule has 19 heavy (non-hydrogen) atoms. The van der Waals surface area contributed by atoms with Crippen molar-refractivity contribution in [3.05, 3.63) is 12.2 Å². The Balaban J connectivity index is 2.81. The lowest BCUT2D eigenvalue weighted by atomic mass is 10.0. The van der Waals surface area contributed by atoms with E-state index in [2.05, 4.69) is 6.58 Å². The molecule has 1 aliphatic rings. The minimum atomic E-state index is -0.944. The molecule has 0 radical (unpaired) electrons. The van der Waals surface area contributed by atoms with E-state index < -0.39 is 23.9 Å². The van der Waals surface area contributed by atoms with Crippen LogP contribution in [0.3, 0.4) is 0 Å². The van der Waals surface area contributed by atoms with Crippen LogP contribution in [-0.2, 0) is 9.47 Å². The van der Waals surface area contributed by atoms with Crippen LogP contribution in [0, 0.1) is 5.92 Å². The minimum Gasteiger partial charge on any atom is -0.387 e. The van der Waals surface area contributed by atoms with Crippen molar-refractivity contribution in [2.45, 2.75) is 71.1 Å². The molecule has 0 aromatic rings. The Morgan fingerprint density at radius 2 is 1.58 bits per heavy atom. The smallest absolute Gasteiger partial charge is 0.111 e. The quantitative estimate of drug-likeness (QED) is 0.770. The molecule has 0 bridgehead atoms. The van der Waals surface area contributed by atoms with Crippen molar-refractivity contribution in [1.82, 2.24) is 0 Å². The van der Waals surface area contributed by atoms with Crippen molar-refractivity contribution in [2.75, 3.05) is 6.61 Å². The zero-order chi connectivity index (χ0) is 15.0. The van der Waals surface area contributed by atoms with Gasteiger partial charge in [0.25, 0.3) is 0 Å². The van der Waals surface area contributed by atoms with Crippen LogP contribution in [0.2, 0.25) is 0 Å². The maximum Gasteiger partial charge on any atom is 0.111 e. The zero-order valence-electron chi connectivity index (χ0n) is 12.9. The van der Waals surface area contributed by atoms with Crippen LogP contribution in [0.1, 0.15) is 41.5 Å². The van der Waals surface area contributed by atoms with Gasteiger partial charge in [-0.3, -0.25) is 0 Å². The molecule has 0 aromatic carbocycles. The van der Waals surface area contributed by atoms with Gasteiger partial charge in [-0.2, -0.15) is 0 Å². The maximum atomic E-state index is 10.1. The lowest BCUT2D eigenvalue weighted by Gasteiger charge is -2.32. The van der Waals surface area contributed by atoms with Gasteiger partial charge in [-0.25, -0.2) is 0 Å². The van der Waals surface area contributed by atoms with Crippen molar-refractivity contribution >= 4 is 0 Å². The first-order valence-corrected chi connectivity index (χ1v) is 6.79. The van der Waals surface area contributed by atoms with Gasteiger partial charge in [-0.1, -0.05) is 6.58 Å². The zero-order valence-corrected chi connectivity index (χ0v) is 12.9. The Hall–Kier alpha value is -0.420. The van der Waals surface area contributed by atoms with Gasteiger partial charge in [0, 0.05) is 5.92 Å². The predicted molar refractivity (Wildman–Crippen MR) is 75.0 cm³/mol. The Kier molecular flexibility index (Phi) is 4.84. The molecule has 0 saturated heterocycles. The molecule has 1 rings (SSSR count). The van der Waals surface area contributed by atoms with Crippen LogP contribution in [0.15, 0.2) is 12.2 Å². The SMILES string of the molecule is C=C1[C@H](O)[C@H](O)[C@H](OC(C)(C)C)[C@H]1COC(C)(C)C. The summed E-state index contributed by atoms with van der Waals surface area (Å²) in [5.41, 5.74) is -0.0768. The highest BCUT2D eigenvalue weighted by atomic mass is 16.5. The Bertz CT molecular complexity index is 324. The first-order valence-electron chi connectivity index (χ1n) is 6.79. The molecular weight excluding hydrogens is 244 g/mol. The minimum absolute atomic E-state index is 0.191. The predicted octanol–water partition coefficient (Wildman–Crippen LogP) is 1.89. The third-order valence-corrected chi connectivity index (χ3v) is 3.10. The van der Waals surface area contributed by atoms with Crippen molar-refractivity contribution < 1.29 is 19.7 Å². The maximum absolute atomic E-state index is 10.1. The summed E-state index contributed by atoms with van der Waals surface area (Å²) in [6.07, 6.45) is -2.37. The molecule has 2 N–H and O–H groups in total. The topological polar surface area (TPSA) is 58.9 Å². The fourth-order valence-electron chi connectivity index (χ4n) is 2.17. The largest absolute Gasteiger partial charge is 0.387 e. The summed E-state index contributed by atoms with van der Waals surface area (Å²) >= 11 is 0. The summed E-state index contributed by atoms with van der Waals surface area (Å²) < 4.78 is 11.6. The first-order chi connectivity index (χ1) is 8.42. The van der Waals surface area contributed by atoms with Gasteiger partial charge >= 0.3 is 0 Å². The third kappa shape index (κ3) is 4.56. The average Bonchev–Trinajstić information content (AvgIpc) is 2.38. The van der Waals surface area contributed by atoms with Crippen LogP contribution < -0.4 is 0 Å². The number of hydrogen-bond acceptors (Lipinski definition) is 4. The number of rotatable bonds is 3. The van der Waals surface area contributed by atoms with E-state index >= 15 is 0 Å². The van der Waals surface area contributed by atoms with Crippen LogP contribution in [0.4, 0.5) is 0 Å². The number of aliphatic hydroxyl groups is 2. The van der Waals surface area contributed by atoms with Crippen LogP contribution in [0.25, 0.3) is 0 Å². The van der Waals surface area contributed by atoms with E-state index in [0.717, 1.165) is 0 Å². The summed E-state index contributed by atoms with van der Waals surface area (Å²) in [6, 6.07) is 0. The molecule has 0 aliphatic heterocycles. The standard InChI is InChI=1S/C15H28O4/c1-9-10(8-18-14(2,3)4)13(12(17)11(9)16)19-15(5,6)7/h10-13,16-17H,1,8H2,2-7H3/t10-,11-,12-,13+/m0/s1. The van der Waals surface area contributed by atoms with Crippen molar-refractivity contribution in [2.24, 2.45) is 5.92 Å². The molecule has 0 amide bonds. The monoisotopic (exact) mass is 272 g/mol. The lowest BCUT2D eigenvalue weighted by Crippen LogP contribution is -2.40. The number of aliphatic hydroxyl groups excluding tert-OH is 2. The summed E-state index contributed by atoms with van der Waals surface area (Å²) in [5, 5.41) is 20.0. The van der Waals surface area contributed by atoms with Crippen LogP contribution in [-0.4, -0.2) is 46.3 Å². The normalized spacial score (nSPS) is 32.9. The van der Waals surface area contributed by atoms with Crippen molar-refractivity contribution in [3.8, 4) is 0 Å². The summed E-state index contributed by atoms with van der Waals surface area (Å²) in [7, 11) is 0. The second-order valence-electron chi connectivity index (χ2n) is 7.24. The molecule has 4 nitrogen and oxygen atoms in total. The Labute approximate surface area is 116 Å². The summed E-state index contributed by atoms with van der Waals surface area (Å²) in [4.78, 5) is 0. The molecule has 4 atom stereocenters. The summed E-state index contributed by atoms with van der Waals surface area (Å²) in [5.74, 6) is -0.191. The van der Waals surface area contributed by atoms with E-state index in [0.29, 0.717) is 12.2 Å². The van der Waals surface area contributed by atoms with E-state index in [1.165, 1.54) is 0 Å². The second-order valence-corrected chi connectivity index (χ2v) is 7.24. The van der Waals surface area contributed by atoms with Crippen LogP contribution in [0.5, 0.6) is 0 Å². The van der Waals surface area contributed by atoms with Gasteiger partial charge in [0.2, 0.25) is 0 Å². The summed E-state index contributed by atoms with van der Waals surface area (Å²) in [6.45, 7) is 15.9. The van der Waals surface area contributed by atoms with Gasteiger partial charge < -0.3 is 19.7 Å². The third-order valence-electron chi connectivity index (χ3n) is 3.10. The molecule has 0 spiro atoms. The molecule has 1 aliphatic carbocycles. The highest BCUT2D eigenvalue weighted by Gasteiger charge is 2.47. The number of ether oxygens (including phenoxy) is 2. The molecular formula is C15H28O4. The van der Waals surface area contributed by atoms with Gasteiger partial charge in [0.15, 0.2) is 0 Å². The van der Waals surface area contributed by atoms with Gasteiger partial charge in [-0.05, 0) is 47.1 Å². The fourth-order valence-corrected chi connectivity index (χ4v) is 2.17. The van der Waals surface area contributed by atoms with Crippen molar-refractivity contribution in [1.29, 1.82) is 0 Å². The van der Waals surface area contributed by atoms with Crippen LogP contribution >= 0.6 is 0 Å². The molecule has 4 heteroatoms. The highest BCUT2D eigenvalue weighted by molar-refractivity contribution is 5.20. The van der Waals surface area contributed by atoms with E-state index in [4.69, 9.17) is 9.47 Å². The molecule has 1 fully saturated rings. The van der Waals surface area contributed by atoms with Gasteiger partial charge in [0.1, 0.15) is 12.2 Å². The fraction of sp³-hybridized carbons (Fsp3) is 0.867. The molecule has 0 aromatic heterocycles. The molecule has 0 heterocycles. The number of hydrogen-bond donors (Lipinski definition) is 2. The van der Waals surface area contributed by atoms with E-state index in [-0.39, 0.29) is 11.5 Å². The molecule has 0 unspecified atom stereocenters. The lowest BCUT2D eigenvalue weighted by molar-refractivity contribution is -0.139. The molecule has 112 valence electrons. The van der Waals surface area contributed by atoms with E-state index in [1.54, 1.807) is 0 Å². The molecule has 1 saturated carbocycles. The Morgan fingerprint density at radius 1 is 1.05 bits per heavy atom. The Morgan fingerprint density at radius 3 is 2.00 bits per heavy atom. The average molecular weight is 272 g/mol. The van der Waals surface area contributed by atoms with E-state index in [9.17, 15) is 10.2 Å².